The monoisotopic (exact) mass is 1080 g/mol. The number of carbonyl (C=O) groups is 4. The number of unbranched alkanes of at least 4 members (excludes halogenated alkanes) is 29. The fourth-order valence-electron chi connectivity index (χ4n) is 9.30. The standard InChI is InChI=1S/C65H112O12/c1-4-7-10-13-16-19-22-25-27-29-31-34-36-39-42-45-48-51-57(66)73-54-56(75-58(67)52-49-46-43-40-38-35-32-30-28-26-23-20-17-14-11-8-5-2)55-74-65-63(61(70)60(69)62(77-65)64(71)72)76-59(68)53-50-47-44-41-37-33-24-21-18-15-12-9-6-3/h7,10,16-17,19-20,25-28,56,60-63,65,69-70H,4-6,8-9,11-15,18,21-24,29-55H2,1-3H3,(H,71,72)/b10-7-,19-16-,20-17-,27-25-,28-26-. The highest BCUT2D eigenvalue weighted by molar-refractivity contribution is 5.74. The van der Waals surface area contributed by atoms with Gasteiger partial charge in [0.05, 0.1) is 6.61 Å². The molecule has 0 aromatic carbocycles. The van der Waals surface area contributed by atoms with E-state index in [-0.39, 0.29) is 25.9 Å². The molecule has 6 unspecified atom stereocenters. The van der Waals surface area contributed by atoms with Gasteiger partial charge in [-0.15, -0.1) is 0 Å². The Balaban J connectivity index is 2.68. The number of carbonyl (C=O) groups excluding carboxylic acids is 3. The molecule has 6 atom stereocenters. The van der Waals surface area contributed by atoms with Crippen molar-refractivity contribution >= 4 is 23.9 Å². The number of carboxylic acid groups (broad SMARTS) is 1. The summed E-state index contributed by atoms with van der Waals surface area (Å²) in [5.74, 6) is -3.12. The minimum atomic E-state index is -1.90. The maximum atomic E-state index is 13.2. The lowest BCUT2D eigenvalue weighted by Gasteiger charge is -2.40. The van der Waals surface area contributed by atoms with Crippen LogP contribution in [0.3, 0.4) is 0 Å². The Hall–Kier alpha value is -3.58. The number of ether oxygens (including phenoxy) is 5. The lowest BCUT2D eigenvalue weighted by Crippen LogP contribution is -2.61. The van der Waals surface area contributed by atoms with E-state index >= 15 is 0 Å². The first-order valence-electron chi connectivity index (χ1n) is 31.3. The van der Waals surface area contributed by atoms with Crippen LogP contribution in [-0.4, -0.2) is 89.2 Å². The third-order valence-corrected chi connectivity index (χ3v) is 14.1. The fourth-order valence-corrected chi connectivity index (χ4v) is 9.30. The van der Waals surface area contributed by atoms with Gasteiger partial charge in [-0.05, 0) is 83.5 Å². The molecule has 0 aromatic heterocycles. The second-order valence-corrected chi connectivity index (χ2v) is 21.3. The molecule has 0 aliphatic carbocycles. The average molecular weight is 1090 g/mol. The molecule has 1 aliphatic rings. The Morgan fingerprint density at radius 2 is 0.818 bits per heavy atom. The van der Waals surface area contributed by atoms with E-state index in [0.717, 1.165) is 122 Å². The number of esters is 3. The molecule has 0 spiro atoms. The molecule has 444 valence electrons. The van der Waals surface area contributed by atoms with Crippen LogP contribution in [0.2, 0.25) is 0 Å². The molecule has 12 nitrogen and oxygen atoms in total. The summed E-state index contributed by atoms with van der Waals surface area (Å²) >= 11 is 0. The van der Waals surface area contributed by atoms with Crippen LogP contribution >= 0.6 is 0 Å². The lowest BCUT2D eigenvalue weighted by molar-refractivity contribution is -0.301. The Labute approximate surface area is 468 Å². The van der Waals surface area contributed by atoms with Gasteiger partial charge in [0.15, 0.2) is 24.6 Å². The molecule has 0 bridgehead atoms. The van der Waals surface area contributed by atoms with Crippen molar-refractivity contribution in [3.8, 4) is 0 Å². The molecule has 0 radical (unpaired) electrons. The average Bonchev–Trinajstić information content (AvgIpc) is 3.42. The Kier molecular flexibility index (Phi) is 49.2. The van der Waals surface area contributed by atoms with Gasteiger partial charge in [0.1, 0.15) is 18.8 Å². The van der Waals surface area contributed by atoms with Gasteiger partial charge in [0, 0.05) is 19.3 Å². The third kappa shape index (κ3) is 43.0. The van der Waals surface area contributed by atoms with E-state index in [1.165, 1.54) is 96.3 Å². The number of hydrogen-bond acceptors (Lipinski definition) is 11. The molecule has 1 rings (SSSR count). The van der Waals surface area contributed by atoms with Crippen LogP contribution in [0.25, 0.3) is 0 Å². The van der Waals surface area contributed by atoms with Gasteiger partial charge in [-0.3, -0.25) is 14.4 Å². The predicted octanol–water partition coefficient (Wildman–Crippen LogP) is 16.3. The Bertz CT molecular complexity index is 1570. The highest BCUT2D eigenvalue weighted by Gasteiger charge is 2.50. The minimum absolute atomic E-state index is 0.0613. The molecule has 1 saturated heterocycles. The fraction of sp³-hybridized carbons (Fsp3) is 0.785. The van der Waals surface area contributed by atoms with Gasteiger partial charge in [0.25, 0.3) is 0 Å². The molecule has 1 aliphatic heterocycles. The second-order valence-electron chi connectivity index (χ2n) is 21.3. The zero-order chi connectivity index (χ0) is 56.1. The number of aliphatic hydroxyl groups is 2. The molecule has 12 heteroatoms. The summed E-state index contributed by atoms with van der Waals surface area (Å²) in [7, 11) is 0. The van der Waals surface area contributed by atoms with Crippen LogP contribution in [0.1, 0.15) is 278 Å². The van der Waals surface area contributed by atoms with Crippen LogP contribution in [0.15, 0.2) is 60.8 Å². The predicted molar refractivity (Wildman–Crippen MR) is 312 cm³/mol. The van der Waals surface area contributed by atoms with Gasteiger partial charge in [-0.1, -0.05) is 236 Å². The van der Waals surface area contributed by atoms with E-state index in [1.54, 1.807) is 0 Å². The SMILES string of the molecule is CC/C=C\C/C=C\C/C=C\CCCCCCCCCC(=O)OCC(COC1OC(C(=O)O)C(O)C(O)C1OC(=O)CCCCCCCCCCCCCCC)OC(=O)CCCCCCCCC/C=C\C/C=C\CCCCC. The van der Waals surface area contributed by atoms with Crippen molar-refractivity contribution in [3.05, 3.63) is 60.8 Å². The Morgan fingerprint density at radius 3 is 1.27 bits per heavy atom. The molecule has 1 fully saturated rings. The van der Waals surface area contributed by atoms with E-state index in [2.05, 4.69) is 81.5 Å². The number of aliphatic hydroxyl groups excluding tert-OH is 2. The van der Waals surface area contributed by atoms with Gasteiger partial charge in [-0.2, -0.15) is 0 Å². The van der Waals surface area contributed by atoms with Crippen molar-refractivity contribution in [2.45, 2.75) is 314 Å². The second kappa shape index (κ2) is 53.1. The van der Waals surface area contributed by atoms with E-state index in [4.69, 9.17) is 23.7 Å². The minimum Gasteiger partial charge on any atom is -0.479 e. The molecule has 77 heavy (non-hydrogen) atoms. The highest BCUT2D eigenvalue weighted by atomic mass is 16.7. The van der Waals surface area contributed by atoms with Crippen LogP contribution in [0.5, 0.6) is 0 Å². The summed E-state index contributed by atoms with van der Waals surface area (Å²) in [5.41, 5.74) is 0. The van der Waals surface area contributed by atoms with E-state index in [1.807, 2.05) is 0 Å². The topological polar surface area (TPSA) is 175 Å². The summed E-state index contributed by atoms with van der Waals surface area (Å²) in [4.78, 5) is 51.2. The van der Waals surface area contributed by atoms with E-state index in [9.17, 15) is 34.5 Å². The quantitative estimate of drug-likeness (QED) is 0.0228. The van der Waals surface area contributed by atoms with Crippen molar-refractivity contribution in [1.82, 2.24) is 0 Å². The molecular weight excluding hydrogens is 973 g/mol. The number of allylic oxidation sites excluding steroid dienone is 10. The maximum absolute atomic E-state index is 13.2. The summed E-state index contributed by atoms with van der Waals surface area (Å²) in [5, 5.41) is 31.5. The summed E-state index contributed by atoms with van der Waals surface area (Å²) in [6, 6.07) is 0. The Morgan fingerprint density at radius 1 is 0.442 bits per heavy atom. The number of rotatable bonds is 53. The zero-order valence-electron chi connectivity index (χ0n) is 49.0. The van der Waals surface area contributed by atoms with Gasteiger partial charge in [-0.25, -0.2) is 4.79 Å². The van der Waals surface area contributed by atoms with Crippen LogP contribution in [0.4, 0.5) is 0 Å². The number of carboxylic acids is 1. The molecule has 0 saturated carbocycles. The summed E-state index contributed by atoms with van der Waals surface area (Å²) in [6.45, 7) is 5.86. The smallest absolute Gasteiger partial charge is 0.335 e. The summed E-state index contributed by atoms with van der Waals surface area (Å²) < 4.78 is 28.5. The molecule has 3 N–H and O–H groups in total. The molecule has 0 amide bonds. The van der Waals surface area contributed by atoms with Crippen molar-refractivity contribution in [3.63, 3.8) is 0 Å². The lowest BCUT2D eigenvalue weighted by atomic mass is 9.98. The first-order chi connectivity index (χ1) is 37.6. The number of aliphatic carboxylic acids is 1. The molecular formula is C65H112O12. The van der Waals surface area contributed by atoms with Gasteiger partial charge >= 0.3 is 23.9 Å². The van der Waals surface area contributed by atoms with Gasteiger partial charge < -0.3 is 39.0 Å². The zero-order valence-corrected chi connectivity index (χ0v) is 49.0. The van der Waals surface area contributed by atoms with Crippen molar-refractivity contribution < 1.29 is 58.2 Å². The van der Waals surface area contributed by atoms with Crippen molar-refractivity contribution in [1.29, 1.82) is 0 Å². The molecule has 1 heterocycles. The van der Waals surface area contributed by atoms with Crippen LogP contribution < -0.4 is 0 Å². The normalized spacial score (nSPS) is 18.4. The van der Waals surface area contributed by atoms with Gasteiger partial charge in [0.2, 0.25) is 0 Å². The largest absolute Gasteiger partial charge is 0.479 e. The third-order valence-electron chi connectivity index (χ3n) is 14.1. The van der Waals surface area contributed by atoms with Crippen molar-refractivity contribution in [2.24, 2.45) is 0 Å². The summed E-state index contributed by atoms with van der Waals surface area (Å²) in [6.07, 6.45) is 53.2. The molecule has 0 aromatic rings. The van der Waals surface area contributed by atoms with Crippen molar-refractivity contribution in [2.75, 3.05) is 13.2 Å². The first-order valence-corrected chi connectivity index (χ1v) is 31.3. The maximum Gasteiger partial charge on any atom is 0.335 e. The van der Waals surface area contributed by atoms with E-state index < -0.39 is 67.3 Å². The van der Waals surface area contributed by atoms with Crippen LogP contribution in [-0.2, 0) is 42.9 Å². The first kappa shape index (κ1) is 71.4. The van der Waals surface area contributed by atoms with E-state index in [0.29, 0.717) is 19.3 Å². The van der Waals surface area contributed by atoms with Crippen LogP contribution in [0, 0.1) is 0 Å². The highest BCUT2D eigenvalue weighted by Crippen LogP contribution is 2.27. The number of hydrogen-bond donors (Lipinski definition) is 3.